The predicted molar refractivity (Wildman–Crippen MR) is 105 cm³/mol. The molecule has 0 spiro atoms. The first-order chi connectivity index (χ1) is 13.4. The molecule has 28 heavy (non-hydrogen) atoms. The average molecular weight is 377 g/mol. The van der Waals surface area contributed by atoms with E-state index in [1.807, 2.05) is 32.0 Å². The number of hydrogen-bond acceptors (Lipinski definition) is 6. The Morgan fingerprint density at radius 3 is 2.54 bits per heavy atom. The fourth-order valence-corrected chi connectivity index (χ4v) is 3.53. The van der Waals surface area contributed by atoms with Crippen LogP contribution in [-0.4, -0.2) is 31.2 Å². The van der Waals surface area contributed by atoms with Crippen LogP contribution in [-0.2, 0) is 10.2 Å². The Bertz CT molecular complexity index is 1060. The highest BCUT2D eigenvalue weighted by atomic mass is 16.3. The molecule has 1 aliphatic rings. The van der Waals surface area contributed by atoms with Gasteiger partial charge < -0.3 is 10.8 Å². The zero-order valence-corrected chi connectivity index (χ0v) is 16.0. The number of amides is 1. The normalized spacial score (nSPS) is 16.1. The molecule has 1 fully saturated rings. The van der Waals surface area contributed by atoms with Gasteiger partial charge in [0, 0.05) is 23.2 Å². The molecule has 1 unspecified atom stereocenters. The zero-order chi connectivity index (χ0) is 19.9. The van der Waals surface area contributed by atoms with E-state index in [4.69, 9.17) is 5.73 Å². The van der Waals surface area contributed by atoms with Gasteiger partial charge in [0.2, 0.25) is 5.91 Å². The van der Waals surface area contributed by atoms with Gasteiger partial charge in [0.1, 0.15) is 5.69 Å². The van der Waals surface area contributed by atoms with Gasteiger partial charge in [0.25, 0.3) is 0 Å². The number of aliphatic hydroxyl groups excluding tert-OH is 1. The van der Waals surface area contributed by atoms with Crippen molar-refractivity contribution < 1.29 is 9.90 Å². The van der Waals surface area contributed by atoms with Crippen molar-refractivity contribution in [3.05, 3.63) is 47.5 Å². The van der Waals surface area contributed by atoms with Crippen LogP contribution in [0.2, 0.25) is 0 Å². The maximum absolute atomic E-state index is 11.7. The molecule has 3 aromatic heterocycles. The topological polar surface area (TPSA) is 115 Å². The maximum Gasteiger partial charge on any atom is 0.229 e. The summed E-state index contributed by atoms with van der Waals surface area (Å²) < 4.78 is 0. The smallest absolute Gasteiger partial charge is 0.229 e. The van der Waals surface area contributed by atoms with E-state index in [1.54, 1.807) is 12.4 Å². The molecule has 3 heterocycles. The summed E-state index contributed by atoms with van der Waals surface area (Å²) in [5.41, 5.74) is 8.51. The van der Waals surface area contributed by atoms with E-state index in [2.05, 4.69) is 20.2 Å². The largest absolute Gasteiger partial charge is 0.387 e. The Balaban J connectivity index is 1.68. The van der Waals surface area contributed by atoms with E-state index in [0.717, 1.165) is 35.6 Å². The minimum Gasteiger partial charge on any atom is -0.387 e. The molecule has 0 radical (unpaired) electrons. The van der Waals surface area contributed by atoms with Crippen LogP contribution in [0.25, 0.3) is 22.2 Å². The van der Waals surface area contributed by atoms with Crippen LogP contribution < -0.4 is 5.73 Å². The monoisotopic (exact) mass is 377 g/mol. The number of primary amides is 1. The lowest BCUT2D eigenvalue weighted by molar-refractivity contribution is -0.120. The van der Waals surface area contributed by atoms with Crippen LogP contribution in [0.5, 0.6) is 0 Å². The lowest BCUT2D eigenvalue weighted by Gasteiger charge is -2.12. The number of aliphatic hydroxyl groups is 1. The Kier molecular flexibility index (Phi) is 4.55. The van der Waals surface area contributed by atoms with E-state index in [-0.39, 0.29) is 5.91 Å². The van der Waals surface area contributed by atoms with Crippen molar-refractivity contribution in [2.45, 2.75) is 51.0 Å². The van der Waals surface area contributed by atoms with E-state index in [0.29, 0.717) is 29.2 Å². The highest BCUT2D eigenvalue weighted by Gasteiger charge is 2.51. The number of hydrogen-bond donors (Lipinski definition) is 2. The molecule has 3 N–H and O–H groups in total. The van der Waals surface area contributed by atoms with Crippen molar-refractivity contribution >= 4 is 16.7 Å². The van der Waals surface area contributed by atoms with Gasteiger partial charge >= 0.3 is 0 Å². The second-order valence-electron chi connectivity index (χ2n) is 7.54. The highest BCUT2D eigenvalue weighted by Crippen LogP contribution is 2.47. The van der Waals surface area contributed by atoms with E-state index in [1.165, 1.54) is 0 Å². The van der Waals surface area contributed by atoms with Crippen molar-refractivity contribution in [2.75, 3.05) is 0 Å². The second kappa shape index (κ2) is 6.91. The number of aromatic nitrogens is 4. The van der Waals surface area contributed by atoms with E-state index in [9.17, 15) is 9.90 Å². The number of pyridine rings is 2. The summed E-state index contributed by atoms with van der Waals surface area (Å²) in [6.07, 6.45) is 5.94. The van der Waals surface area contributed by atoms with Crippen LogP contribution in [0, 0.1) is 6.92 Å². The molecular formula is C21H23N5O2. The number of carbonyl (C=O) groups is 1. The van der Waals surface area contributed by atoms with Crippen molar-refractivity contribution in [2.24, 2.45) is 5.73 Å². The third-order valence-corrected chi connectivity index (χ3v) is 5.46. The first-order valence-corrected chi connectivity index (χ1v) is 9.53. The Morgan fingerprint density at radius 1 is 1.18 bits per heavy atom. The first kappa shape index (κ1) is 18.4. The van der Waals surface area contributed by atoms with Crippen LogP contribution >= 0.6 is 0 Å². The number of carbonyl (C=O) groups excluding carboxylic acids is 1. The molecule has 0 saturated heterocycles. The van der Waals surface area contributed by atoms with E-state index >= 15 is 0 Å². The summed E-state index contributed by atoms with van der Waals surface area (Å²) in [5.74, 6) is -0.319. The Hall–Kier alpha value is -2.93. The summed E-state index contributed by atoms with van der Waals surface area (Å²) in [4.78, 5) is 20.8. The zero-order valence-electron chi connectivity index (χ0n) is 16.0. The summed E-state index contributed by atoms with van der Waals surface area (Å²) in [6.45, 7) is 3.95. The minimum absolute atomic E-state index is 0.319. The van der Waals surface area contributed by atoms with Crippen molar-refractivity contribution in [1.82, 2.24) is 20.2 Å². The number of nitrogens with two attached hydrogens (primary N) is 1. The fraction of sp³-hybridized carbons (Fsp3) is 0.381. The van der Waals surface area contributed by atoms with Crippen LogP contribution in [0.3, 0.4) is 0 Å². The van der Waals surface area contributed by atoms with Gasteiger partial charge in [-0.25, -0.2) is 0 Å². The molecule has 0 bridgehead atoms. The Labute approximate surface area is 163 Å². The molecule has 3 aromatic rings. The number of aryl methyl sites for hydroxylation is 1. The first-order valence-electron chi connectivity index (χ1n) is 9.53. The number of nitrogens with zero attached hydrogens (tertiary/aromatic N) is 4. The highest BCUT2D eigenvalue weighted by molar-refractivity contribution is 5.91. The average Bonchev–Trinajstić information content (AvgIpc) is 3.49. The third kappa shape index (κ3) is 3.11. The molecule has 0 aromatic carbocycles. The molecular weight excluding hydrogens is 354 g/mol. The van der Waals surface area contributed by atoms with Crippen molar-refractivity contribution in [3.63, 3.8) is 0 Å². The molecule has 144 valence electrons. The summed E-state index contributed by atoms with van der Waals surface area (Å²) >= 11 is 0. The molecule has 1 amide bonds. The lowest BCUT2D eigenvalue weighted by atomic mass is 9.99. The molecule has 0 aliphatic heterocycles. The summed E-state index contributed by atoms with van der Waals surface area (Å²) in [6, 6.07) is 5.67. The third-order valence-electron chi connectivity index (χ3n) is 5.46. The minimum atomic E-state index is -0.607. The number of rotatable bonds is 6. The van der Waals surface area contributed by atoms with Gasteiger partial charge in [-0.1, -0.05) is 13.3 Å². The van der Waals surface area contributed by atoms with Crippen molar-refractivity contribution in [3.8, 4) is 11.4 Å². The van der Waals surface area contributed by atoms with Crippen LogP contribution in [0.1, 0.15) is 55.7 Å². The lowest BCUT2D eigenvalue weighted by Crippen LogP contribution is -2.29. The SMILES string of the molecule is CCCC(O)c1cc(C)c(-c2cc3cnc(C4(C(N)=O)CC4)cc3cn2)nn1. The summed E-state index contributed by atoms with van der Waals surface area (Å²) in [5, 5.41) is 20.4. The molecule has 1 atom stereocenters. The Morgan fingerprint density at radius 2 is 1.89 bits per heavy atom. The van der Waals surface area contributed by atoms with Crippen LogP contribution in [0.4, 0.5) is 0 Å². The maximum atomic E-state index is 11.7. The fourth-order valence-electron chi connectivity index (χ4n) is 3.53. The molecule has 7 nitrogen and oxygen atoms in total. The van der Waals surface area contributed by atoms with Gasteiger partial charge in [0.15, 0.2) is 0 Å². The standard InChI is InChI=1S/C21H23N5O2/c1-3-4-17(27)15-7-12(2)19(26-25-15)16-8-13-11-24-18(9-14(13)10-23-16)21(5-6-21)20(22)28/h7-11,17,27H,3-6H2,1-2H3,(H2,22,28). The molecule has 1 aliphatic carbocycles. The summed E-state index contributed by atoms with van der Waals surface area (Å²) in [7, 11) is 0. The quantitative estimate of drug-likeness (QED) is 0.682. The van der Waals surface area contributed by atoms with Crippen molar-refractivity contribution in [1.29, 1.82) is 0 Å². The second-order valence-corrected chi connectivity index (χ2v) is 7.54. The van der Waals surface area contributed by atoms with Gasteiger partial charge in [-0.2, -0.15) is 5.10 Å². The van der Waals surface area contributed by atoms with Gasteiger partial charge in [-0.15, -0.1) is 5.10 Å². The van der Waals surface area contributed by atoms with Crippen LogP contribution in [0.15, 0.2) is 30.6 Å². The molecule has 1 saturated carbocycles. The van der Waals surface area contributed by atoms with Gasteiger partial charge in [-0.3, -0.25) is 14.8 Å². The van der Waals surface area contributed by atoms with Gasteiger partial charge in [-0.05, 0) is 49.9 Å². The van der Waals surface area contributed by atoms with Gasteiger partial charge in [0.05, 0.1) is 28.6 Å². The molecule has 7 heteroatoms. The molecule has 4 rings (SSSR count). The predicted octanol–water partition coefficient (Wildman–Crippen LogP) is 2.75. The van der Waals surface area contributed by atoms with E-state index < -0.39 is 11.5 Å². The number of fused-ring (bicyclic) bond motifs is 1.